The zero-order valence-electron chi connectivity index (χ0n) is 16.6. The van der Waals surface area contributed by atoms with Gasteiger partial charge in [-0.05, 0) is 67.8 Å². The average molecular weight is 375 g/mol. The zero-order valence-corrected chi connectivity index (χ0v) is 16.6. The fourth-order valence-corrected chi connectivity index (χ4v) is 3.68. The van der Waals surface area contributed by atoms with Gasteiger partial charge in [-0.3, -0.25) is 4.98 Å². The van der Waals surface area contributed by atoms with E-state index < -0.39 is 0 Å². The summed E-state index contributed by atoms with van der Waals surface area (Å²) in [6, 6.07) is 6.43. The third-order valence-electron chi connectivity index (χ3n) is 5.12. The van der Waals surface area contributed by atoms with Crippen LogP contribution in [0.2, 0.25) is 0 Å². The Morgan fingerprint density at radius 2 is 2.00 bits per heavy atom. The Labute approximate surface area is 165 Å². The number of fused-ring (bicyclic) bond motifs is 1. The van der Waals surface area contributed by atoms with Gasteiger partial charge in [0.2, 0.25) is 0 Å². The number of nitrogens with two attached hydrogens (primary N) is 1. The second-order valence-electron chi connectivity index (χ2n) is 7.52. The average Bonchev–Trinajstić information content (AvgIpc) is 2.67. The number of hydrogen-bond donors (Lipinski definition) is 1. The molecule has 1 aliphatic heterocycles. The Morgan fingerprint density at radius 3 is 2.82 bits per heavy atom. The summed E-state index contributed by atoms with van der Waals surface area (Å²) in [7, 11) is 2.15. The fraction of sp³-hybridized carbons (Fsp3) is 0.318. The van der Waals surface area contributed by atoms with Crippen molar-refractivity contribution in [2.75, 3.05) is 19.3 Å². The van der Waals surface area contributed by atoms with Crippen LogP contribution in [0.5, 0.6) is 5.88 Å². The van der Waals surface area contributed by atoms with E-state index in [1.807, 2.05) is 19.2 Å². The van der Waals surface area contributed by atoms with Crippen LogP contribution in [0, 0.1) is 13.8 Å². The van der Waals surface area contributed by atoms with Crippen molar-refractivity contribution in [1.82, 2.24) is 19.9 Å². The third kappa shape index (κ3) is 3.82. The molecule has 0 saturated heterocycles. The van der Waals surface area contributed by atoms with E-state index in [2.05, 4.69) is 46.0 Å². The van der Waals surface area contributed by atoms with Crippen molar-refractivity contribution in [2.45, 2.75) is 33.4 Å². The summed E-state index contributed by atoms with van der Waals surface area (Å²) >= 11 is 0. The van der Waals surface area contributed by atoms with Gasteiger partial charge >= 0.3 is 0 Å². The van der Waals surface area contributed by atoms with Crippen molar-refractivity contribution in [1.29, 1.82) is 0 Å². The normalized spacial score (nSPS) is 14.0. The van der Waals surface area contributed by atoms with Gasteiger partial charge in [0.1, 0.15) is 6.61 Å². The minimum atomic E-state index is 0.291. The van der Waals surface area contributed by atoms with Gasteiger partial charge in [0.05, 0.1) is 11.9 Å². The number of nitrogen functional groups attached to an aromatic ring is 1. The van der Waals surface area contributed by atoms with Crippen LogP contribution in [0.1, 0.15) is 27.8 Å². The first-order valence-electron chi connectivity index (χ1n) is 9.47. The number of aryl methyl sites for hydroxylation is 2. The fourth-order valence-electron chi connectivity index (χ4n) is 3.68. The standard InChI is InChI=1S/C22H25N5O/c1-14-6-16(10-24-9-14)13-28-22-21(23)25-11-20(26-22)17-7-15(2)19-4-5-27(3)12-18(19)8-17/h6-11H,4-5,12-13H2,1-3H3,(H2,23,25). The molecule has 2 N–H and O–H groups in total. The summed E-state index contributed by atoms with van der Waals surface area (Å²) in [5.74, 6) is 0.644. The smallest absolute Gasteiger partial charge is 0.258 e. The number of aromatic nitrogens is 3. The molecule has 0 bridgehead atoms. The summed E-state index contributed by atoms with van der Waals surface area (Å²) in [6.45, 7) is 6.57. The van der Waals surface area contributed by atoms with Crippen LogP contribution in [-0.2, 0) is 19.6 Å². The number of benzene rings is 1. The summed E-state index contributed by atoms with van der Waals surface area (Å²) in [5, 5.41) is 0. The molecule has 0 atom stereocenters. The van der Waals surface area contributed by atoms with Crippen LogP contribution >= 0.6 is 0 Å². The molecule has 0 unspecified atom stereocenters. The largest absolute Gasteiger partial charge is 0.470 e. The van der Waals surface area contributed by atoms with Gasteiger partial charge < -0.3 is 15.4 Å². The van der Waals surface area contributed by atoms with E-state index in [0.29, 0.717) is 18.3 Å². The highest BCUT2D eigenvalue weighted by Gasteiger charge is 2.17. The Bertz CT molecular complexity index is 1020. The molecule has 3 aromatic rings. The minimum absolute atomic E-state index is 0.291. The monoisotopic (exact) mass is 375 g/mol. The van der Waals surface area contributed by atoms with Gasteiger partial charge in [0.25, 0.3) is 5.88 Å². The Balaban J connectivity index is 1.62. The van der Waals surface area contributed by atoms with Gasteiger partial charge in [0, 0.05) is 36.6 Å². The molecule has 6 nitrogen and oxygen atoms in total. The highest BCUT2D eigenvalue weighted by atomic mass is 16.5. The van der Waals surface area contributed by atoms with E-state index in [0.717, 1.165) is 41.9 Å². The number of pyridine rings is 1. The van der Waals surface area contributed by atoms with Gasteiger partial charge in [-0.25, -0.2) is 9.97 Å². The van der Waals surface area contributed by atoms with Gasteiger partial charge in [0.15, 0.2) is 5.82 Å². The molecule has 0 amide bonds. The maximum absolute atomic E-state index is 6.00. The molecule has 3 heterocycles. The molecule has 0 radical (unpaired) electrons. The molecular formula is C22H25N5O. The van der Waals surface area contributed by atoms with E-state index >= 15 is 0 Å². The van der Waals surface area contributed by atoms with E-state index in [9.17, 15) is 0 Å². The van der Waals surface area contributed by atoms with E-state index in [4.69, 9.17) is 10.5 Å². The molecule has 28 heavy (non-hydrogen) atoms. The highest BCUT2D eigenvalue weighted by molar-refractivity contribution is 5.64. The summed E-state index contributed by atoms with van der Waals surface area (Å²) in [4.78, 5) is 15.5. The zero-order chi connectivity index (χ0) is 19.7. The Morgan fingerprint density at radius 1 is 1.14 bits per heavy atom. The maximum atomic E-state index is 6.00. The van der Waals surface area contributed by atoms with Crippen LogP contribution < -0.4 is 10.5 Å². The van der Waals surface area contributed by atoms with Gasteiger partial charge in [-0.2, -0.15) is 0 Å². The Kier molecular flexibility index (Phi) is 4.96. The number of ether oxygens (including phenoxy) is 1. The lowest BCUT2D eigenvalue weighted by atomic mass is 9.92. The van der Waals surface area contributed by atoms with Crippen LogP contribution in [-0.4, -0.2) is 33.4 Å². The molecule has 1 aliphatic rings. The number of hydrogen-bond acceptors (Lipinski definition) is 6. The molecule has 6 heteroatoms. The number of rotatable bonds is 4. The number of nitrogens with zero attached hydrogens (tertiary/aromatic N) is 4. The lowest BCUT2D eigenvalue weighted by Crippen LogP contribution is -2.27. The summed E-state index contributed by atoms with van der Waals surface area (Å²) in [5.41, 5.74) is 14.0. The predicted molar refractivity (Wildman–Crippen MR) is 110 cm³/mol. The maximum Gasteiger partial charge on any atom is 0.258 e. The molecule has 0 aliphatic carbocycles. The van der Waals surface area contributed by atoms with E-state index in [1.165, 1.54) is 16.7 Å². The van der Waals surface area contributed by atoms with Crippen molar-refractivity contribution >= 4 is 5.82 Å². The van der Waals surface area contributed by atoms with Crippen LogP contribution in [0.4, 0.5) is 5.82 Å². The van der Waals surface area contributed by atoms with Crippen molar-refractivity contribution in [3.8, 4) is 17.1 Å². The first kappa shape index (κ1) is 18.4. The minimum Gasteiger partial charge on any atom is -0.470 e. The molecule has 4 rings (SSSR count). The summed E-state index contributed by atoms with van der Waals surface area (Å²) in [6.07, 6.45) is 6.40. The molecule has 0 fully saturated rings. The SMILES string of the molecule is Cc1cncc(COc2nc(-c3cc(C)c4c(c3)CN(C)CC4)cnc2N)c1. The van der Waals surface area contributed by atoms with Crippen LogP contribution in [0.15, 0.2) is 36.8 Å². The summed E-state index contributed by atoms with van der Waals surface area (Å²) < 4.78 is 5.85. The third-order valence-corrected chi connectivity index (χ3v) is 5.12. The van der Waals surface area contributed by atoms with Crippen LogP contribution in [0.25, 0.3) is 11.3 Å². The molecule has 2 aromatic heterocycles. The quantitative estimate of drug-likeness (QED) is 0.754. The topological polar surface area (TPSA) is 77.2 Å². The second kappa shape index (κ2) is 7.56. The molecular weight excluding hydrogens is 350 g/mol. The van der Waals surface area contributed by atoms with Crippen LogP contribution in [0.3, 0.4) is 0 Å². The predicted octanol–water partition coefficient (Wildman–Crippen LogP) is 3.30. The van der Waals surface area contributed by atoms with Crippen molar-refractivity contribution in [3.05, 3.63) is 64.6 Å². The first-order valence-corrected chi connectivity index (χ1v) is 9.47. The van der Waals surface area contributed by atoms with Gasteiger partial charge in [-0.15, -0.1) is 0 Å². The Hall–Kier alpha value is -2.99. The lowest BCUT2D eigenvalue weighted by molar-refractivity contribution is 0.294. The van der Waals surface area contributed by atoms with Crippen molar-refractivity contribution in [3.63, 3.8) is 0 Å². The molecule has 0 spiro atoms. The number of likely N-dealkylation sites (N-methyl/N-ethyl adjacent to an activating group) is 1. The van der Waals surface area contributed by atoms with E-state index in [1.54, 1.807) is 12.4 Å². The first-order chi connectivity index (χ1) is 13.5. The second-order valence-corrected chi connectivity index (χ2v) is 7.52. The van der Waals surface area contributed by atoms with Crippen molar-refractivity contribution < 1.29 is 4.74 Å². The highest BCUT2D eigenvalue weighted by Crippen LogP contribution is 2.29. The molecule has 1 aromatic carbocycles. The van der Waals surface area contributed by atoms with E-state index in [-0.39, 0.29) is 0 Å². The van der Waals surface area contributed by atoms with Crippen molar-refractivity contribution in [2.24, 2.45) is 0 Å². The lowest BCUT2D eigenvalue weighted by Gasteiger charge is -2.27. The molecule has 0 saturated carbocycles. The van der Waals surface area contributed by atoms with Gasteiger partial charge in [-0.1, -0.05) is 0 Å². The molecule has 144 valence electrons. The number of anilines is 1.